The highest BCUT2D eigenvalue weighted by Gasteiger charge is 2.03. The third-order valence-corrected chi connectivity index (χ3v) is 4.08. The van der Waals surface area contributed by atoms with Crippen LogP contribution in [-0.2, 0) is 11.2 Å². The van der Waals surface area contributed by atoms with Gasteiger partial charge in [0.2, 0.25) is 5.91 Å². The average Bonchev–Trinajstić information content (AvgIpc) is 3.04. The summed E-state index contributed by atoms with van der Waals surface area (Å²) >= 11 is 1.53. The first-order valence-electron chi connectivity index (χ1n) is 7.48. The molecule has 0 saturated heterocycles. The van der Waals surface area contributed by atoms with Gasteiger partial charge in [0.25, 0.3) is 0 Å². The quantitative estimate of drug-likeness (QED) is 0.544. The Balaban J connectivity index is 1.51. The predicted molar refractivity (Wildman–Crippen MR) is 95.2 cm³/mol. The molecular weight excluding hydrogens is 320 g/mol. The molecule has 0 saturated carbocycles. The summed E-state index contributed by atoms with van der Waals surface area (Å²) in [6.45, 7) is 0. The zero-order chi connectivity index (χ0) is 16.6. The Hall–Kier alpha value is -2.79. The van der Waals surface area contributed by atoms with Crippen LogP contribution in [0, 0.1) is 0 Å². The van der Waals surface area contributed by atoms with Crippen LogP contribution in [0.5, 0.6) is 0 Å². The second-order valence-corrected chi connectivity index (χ2v) is 6.11. The molecular formula is C19H16N2O2S. The van der Waals surface area contributed by atoms with Gasteiger partial charge in [0.1, 0.15) is 5.76 Å². The molecule has 2 aromatic carbocycles. The van der Waals surface area contributed by atoms with Gasteiger partial charge < -0.3 is 4.42 Å². The van der Waals surface area contributed by atoms with Crippen LogP contribution < -0.4 is 5.43 Å². The molecule has 0 radical (unpaired) electrons. The fourth-order valence-corrected chi connectivity index (χ4v) is 2.85. The van der Waals surface area contributed by atoms with Crippen molar-refractivity contribution in [2.24, 2.45) is 5.10 Å². The van der Waals surface area contributed by atoms with E-state index in [4.69, 9.17) is 4.42 Å². The summed E-state index contributed by atoms with van der Waals surface area (Å²) in [6.07, 6.45) is 1.80. The molecule has 1 amide bonds. The lowest BCUT2D eigenvalue weighted by Crippen LogP contribution is -2.19. The van der Waals surface area contributed by atoms with Crippen LogP contribution in [0.4, 0.5) is 0 Å². The van der Waals surface area contributed by atoms with Crippen molar-refractivity contribution in [2.45, 2.75) is 16.4 Å². The smallest absolute Gasteiger partial charge is 0.244 e. The number of benzene rings is 2. The molecule has 4 nitrogen and oxygen atoms in total. The van der Waals surface area contributed by atoms with Crippen molar-refractivity contribution in [3.63, 3.8) is 0 Å². The highest BCUT2D eigenvalue weighted by Crippen LogP contribution is 2.28. The fraction of sp³-hybridized carbons (Fsp3) is 0.0526. The third-order valence-electron chi connectivity index (χ3n) is 3.15. The van der Waals surface area contributed by atoms with Crippen molar-refractivity contribution >= 4 is 23.9 Å². The second kappa shape index (κ2) is 8.17. The van der Waals surface area contributed by atoms with Crippen molar-refractivity contribution < 1.29 is 9.21 Å². The van der Waals surface area contributed by atoms with Crippen LogP contribution in [0.3, 0.4) is 0 Å². The molecule has 0 unspecified atom stereocenters. The Morgan fingerprint density at radius 2 is 1.71 bits per heavy atom. The molecule has 0 spiro atoms. The van der Waals surface area contributed by atoms with E-state index in [9.17, 15) is 4.79 Å². The van der Waals surface area contributed by atoms with Gasteiger partial charge in [-0.25, -0.2) is 5.43 Å². The van der Waals surface area contributed by atoms with Crippen LogP contribution in [0.2, 0.25) is 0 Å². The monoisotopic (exact) mass is 336 g/mol. The Labute approximate surface area is 144 Å². The number of hydrogen-bond acceptors (Lipinski definition) is 4. The molecule has 24 heavy (non-hydrogen) atoms. The molecule has 120 valence electrons. The van der Waals surface area contributed by atoms with Crippen LogP contribution in [0.15, 0.2) is 92.3 Å². The zero-order valence-electron chi connectivity index (χ0n) is 12.9. The van der Waals surface area contributed by atoms with E-state index in [1.54, 1.807) is 0 Å². The summed E-state index contributed by atoms with van der Waals surface area (Å²) in [6, 6.07) is 23.2. The van der Waals surface area contributed by atoms with E-state index in [1.165, 1.54) is 18.0 Å². The van der Waals surface area contributed by atoms with Gasteiger partial charge in [0, 0.05) is 4.90 Å². The average molecular weight is 336 g/mol. The summed E-state index contributed by atoms with van der Waals surface area (Å²) in [5, 5.41) is 4.71. The number of amides is 1. The lowest BCUT2D eigenvalue weighted by molar-refractivity contribution is -0.120. The van der Waals surface area contributed by atoms with E-state index in [0.717, 1.165) is 15.6 Å². The lowest BCUT2D eigenvalue weighted by atomic mass is 10.1. The summed E-state index contributed by atoms with van der Waals surface area (Å²) in [5.74, 6) is 0.427. The van der Waals surface area contributed by atoms with Crippen molar-refractivity contribution in [1.82, 2.24) is 5.43 Å². The third kappa shape index (κ3) is 4.86. The first kappa shape index (κ1) is 16.1. The van der Waals surface area contributed by atoms with E-state index in [0.29, 0.717) is 12.2 Å². The van der Waals surface area contributed by atoms with Gasteiger partial charge in [-0.15, -0.1) is 0 Å². The summed E-state index contributed by atoms with van der Waals surface area (Å²) in [4.78, 5) is 12.9. The minimum absolute atomic E-state index is 0.164. The van der Waals surface area contributed by atoms with Crippen molar-refractivity contribution in [1.29, 1.82) is 0 Å². The van der Waals surface area contributed by atoms with Gasteiger partial charge in [-0.1, -0.05) is 60.3 Å². The Bertz CT molecular complexity index is 814. The standard InChI is InChI=1S/C19H16N2O2S/c22-18(13-15-7-3-1-4-8-15)21-20-14-16-11-12-19(23-16)24-17-9-5-2-6-10-17/h1-12,14H,13H2,(H,21,22)/b20-14-. The number of rotatable bonds is 6. The van der Waals surface area contributed by atoms with Gasteiger partial charge in [0.15, 0.2) is 5.09 Å². The molecule has 1 heterocycles. The number of hydrazone groups is 1. The normalized spacial score (nSPS) is 10.8. The first-order chi connectivity index (χ1) is 11.8. The van der Waals surface area contributed by atoms with E-state index >= 15 is 0 Å². The SMILES string of the molecule is O=C(Cc1ccccc1)N/N=C\c1ccc(Sc2ccccc2)o1. The highest BCUT2D eigenvalue weighted by molar-refractivity contribution is 7.99. The first-order valence-corrected chi connectivity index (χ1v) is 8.30. The molecule has 0 atom stereocenters. The Morgan fingerprint density at radius 3 is 2.46 bits per heavy atom. The molecule has 0 aliphatic carbocycles. The molecule has 1 N–H and O–H groups in total. The van der Waals surface area contributed by atoms with Crippen LogP contribution in [0.25, 0.3) is 0 Å². The maximum atomic E-state index is 11.8. The Morgan fingerprint density at radius 1 is 1.00 bits per heavy atom. The van der Waals surface area contributed by atoms with E-state index in [1.807, 2.05) is 72.8 Å². The second-order valence-electron chi connectivity index (χ2n) is 5.03. The molecule has 0 bridgehead atoms. The van der Waals surface area contributed by atoms with Crippen molar-refractivity contribution in [3.8, 4) is 0 Å². The predicted octanol–water partition coefficient (Wildman–Crippen LogP) is 4.12. The molecule has 1 aromatic heterocycles. The van der Waals surface area contributed by atoms with Gasteiger partial charge in [0.05, 0.1) is 12.6 Å². The number of nitrogens with one attached hydrogen (secondary N) is 1. The molecule has 0 aliphatic heterocycles. The maximum absolute atomic E-state index is 11.8. The maximum Gasteiger partial charge on any atom is 0.244 e. The van der Waals surface area contributed by atoms with E-state index in [2.05, 4.69) is 10.5 Å². The zero-order valence-corrected chi connectivity index (χ0v) is 13.7. The van der Waals surface area contributed by atoms with Gasteiger partial charge in [-0.3, -0.25) is 4.79 Å². The summed E-state index contributed by atoms with van der Waals surface area (Å²) in [7, 11) is 0. The van der Waals surface area contributed by atoms with Crippen LogP contribution >= 0.6 is 11.8 Å². The molecule has 5 heteroatoms. The molecule has 3 rings (SSSR count). The van der Waals surface area contributed by atoms with Crippen LogP contribution in [-0.4, -0.2) is 12.1 Å². The molecule has 0 aliphatic rings. The Kier molecular flexibility index (Phi) is 5.48. The van der Waals surface area contributed by atoms with Gasteiger partial charge in [-0.05, 0) is 29.8 Å². The van der Waals surface area contributed by atoms with E-state index in [-0.39, 0.29) is 5.91 Å². The number of furan rings is 1. The van der Waals surface area contributed by atoms with E-state index < -0.39 is 0 Å². The largest absolute Gasteiger partial charge is 0.448 e. The van der Waals surface area contributed by atoms with Gasteiger partial charge in [-0.2, -0.15) is 5.10 Å². The number of hydrogen-bond donors (Lipinski definition) is 1. The fourth-order valence-electron chi connectivity index (χ4n) is 2.05. The summed E-state index contributed by atoms with van der Waals surface area (Å²) in [5.41, 5.74) is 3.45. The number of carbonyl (C=O) groups excluding carboxylic acids is 1. The van der Waals surface area contributed by atoms with Crippen molar-refractivity contribution in [3.05, 3.63) is 84.1 Å². The topological polar surface area (TPSA) is 54.6 Å². The number of nitrogens with zero attached hydrogens (tertiary/aromatic N) is 1. The number of carbonyl (C=O) groups is 1. The van der Waals surface area contributed by atoms with Gasteiger partial charge >= 0.3 is 0 Å². The van der Waals surface area contributed by atoms with Crippen molar-refractivity contribution in [2.75, 3.05) is 0 Å². The van der Waals surface area contributed by atoms with Crippen LogP contribution in [0.1, 0.15) is 11.3 Å². The molecule has 3 aromatic rings. The minimum Gasteiger partial charge on any atom is -0.448 e. The summed E-state index contributed by atoms with van der Waals surface area (Å²) < 4.78 is 5.65. The lowest BCUT2D eigenvalue weighted by Gasteiger charge is -1.99. The minimum atomic E-state index is -0.164. The molecule has 0 fully saturated rings. The highest BCUT2D eigenvalue weighted by atomic mass is 32.2.